The van der Waals surface area contributed by atoms with E-state index in [0.29, 0.717) is 0 Å². The van der Waals surface area contributed by atoms with Crippen LogP contribution in [0.15, 0.2) is 11.5 Å². The molecule has 0 spiro atoms. The minimum absolute atomic E-state index is 0.797. The van der Waals surface area contributed by atoms with Crippen LogP contribution in [0.5, 0.6) is 0 Å². The van der Waals surface area contributed by atoms with Gasteiger partial charge in [0.25, 0.3) is 0 Å². The normalized spacial score (nSPS) is 19.1. The summed E-state index contributed by atoms with van der Waals surface area (Å²) in [5, 5.41) is 0. The molecule has 1 aliphatic rings. The van der Waals surface area contributed by atoms with Crippen molar-refractivity contribution in [1.29, 1.82) is 0 Å². The van der Waals surface area contributed by atoms with Crippen LogP contribution < -0.4 is 0 Å². The van der Waals surface area contributed by atoms with E-state index in [-0.39, 0.29) is 0 Å². The smallest absolute Gasteiger partial charge is 0.106 e. The van der Waals surface area contributed by atoms with Gasteiger partial charge in [-0.1, -0.05) is 26.1 Å². The molecule has 0 heterocycles. The molecular weight excluding hydrogens is 107 g/mol. The lowest BCUT2D eigenvalue weighted by Crippen LogP contribution is -2.08. The van der Waals surface area contributed by atoms with Gasteiger partial charge in [0, 0.05) is 0 Å². The van der Waals surface area contributed by atoms with Crippen LogP contribution in [0.2, 0.25) is 13.6 Å². The van der Waals surface area contributed by atoms with Crippen LogP contribution >= 0.6 is 0 Å². The van der Waals surface area contributed by atoms with Gasteiger partial charge in [-0.15, -0.1) is 5.47 Å². The SMILES string of the molecule is CB(C)C1=CCCCC1. The second-order valence-corrected chi connectivity index (χ2v) is 3.18. The first-order chi connectivity index (χ1) is 4.30. The third kappa shape index (κ3) is 1.89. The fourth-order valence-electron chi connectivity index (χ4n) is 1.39. The largest absolute Gasteiger partial charge is 0.163 e. The number of allylic oxidation sites excluding steroid dienone is 2. The molecule has 1 aliphatic carbocycles. The zero-order chi connectivity index (χ0) is 6.69. The Labute approximate surface area is 58.4 Å². The van der Waals surface area contributed by atoms with Gasteiger partial charge in [0.05, 0.1) is 0 Å². The first-order valence-corrected chi connectivity index (χ1v) is 3.99. The summed E-state index contributed by atoms with van der Waals surface area (Å²) >= 11 is 0. The fourth-order valence-corrected chi connectivity index (χ4v) is 1.39. The van der Waals surface area contributed by atoms with Gasteiger partial charge >= 0.3 is 0 Å². The van der Waals surface area contributed by atoms with Crippen molar-refractivity contribution >= 4 is 6.71 Å². The topological polar surface area (TPSA) is 0 Å². The van der Waals surface area contributed by atoms with Crippen LogP contribution in [0.25, 0.3) is 0 Å². The van der Waals surface area contributed by atoms with Crippen LogP contribution in [-0.4, -0.2) is 6.71 Å². The van der Waals surface area contributed by atoms with Gasteiger partial charge in [0.1, 0.15) is 0 Å². The average molecular weight is 122 g/mol. The van der Waals surface area contributed by atoms with Gasteiger partial charge < -0.3 is 0 Å². The van der Waals surface area contributed by atoms with Crippen molar-refractivity contribution in [3.63, 3.8) is 0 Å². The van der Waals surface area contributed by atoms with Gasteiger partial charge in [-0.2, -0.15) is 0 Å². The minimum Gasteiger partial charge on any atom is -0.106 e. The molecule has 9 heavy (non-hydrogen) atoms. The van der Waals surface area contributed by atoms with Crippen LogP contribution in [-0.2, 0) is 0 Å². The van der Waals surface area contributed by atoms with Gasteiger partial charge in [0.15, 0.2) is 6.71 Å². The molecule has 0 aromatic heterocycles. The Hall–Kier alpha value is -0.195. The third-order valence-electron chi connectivity index (χ3n) is 2.07. The molecule has 0 saturated heterocycles. The molecule has 0 amide bonds. The summed E-state index contributed by atoms with van der Waals surface area (Å²) in [6.45, 7) is 5.37. The first-order valence-electron chi connectivity index (χ1n) is 3.99. The maximum absolute atomic E-state index is 2.42. The van der Waals surface area contributed by atoms with Crippen molar-refractivity contribution in [2.45, 2.75) is 39.3 Å². The quantitative estimate of drug-likeness (QED) is 0.469. The summed E-state index contributed by atoms with van der Waals surface area (Å²) in [4.78, 5) is 0. The van der Waals surface area contributed by atoms with Crippen molar-refractivity contribution < 1.29 is 0 Å². The predicted molar refractivity (Wildman–Crippen MR) is 44.0 cm³/mol. The summed E-state index contributed by atoms with van der Waals surface area (Å²) < 4.78 is 0. The standard InChI is InChI=1S/C8H15B/c1-9(2)8-6-4-3-5-7-8/h6H,3-5,7H2,1-2H3. The zero-order valence-corrected chi connectivity index (χ0v) is 6.48. The zero-order valence-electron chi connectivity index (χ0n) is 6.48. The Balaban J connectivity index is 2.46. The molecule has 0 bridgehead atoms. The van der Waals surface area contributed by atoms with E-state index in [9.17, 15) is 0 Å². The summed E-state index contributed by atoms with van der Waals surface area (Å²) in [6, 6.07) is 0. The molecule has 0 N–H and O–H groups in total. The molecule has 0 saturated carbocycles. The van der Waals surface area contributed by atoms with Crippen LogP contribution in [0.4, 0.5) is 0 Å². The van der Waals surface area contributed by atoms with Crippen molar-refractivity contribution in [1.82, 2.24) is 0 Å². The summed E-state index contributed by atoms with van der Waals surface area (Å²) in [5.74, 6) is 0. The first kappa shape index (κ1) is 6.92. The molecule has 50 valence electrons. The highest BCUT2D eigenvalue weighted by Gasteiger charge is 2.08. The van der Waals surface area contributed by atoms with Crippen LogP contribution in [0, 0.1) is 0 Å². The average Bonchev–Trinajstić information content (AvgIpc) is 1.90. The summed E-state index contributed by atoms with van der Waals surface area (Å²) in [6.07, 6.45) is 7.94. The van der Waals surface area contributed by atoms with Crippen LogP contribution in [0.1, 0.15) is 25.7 Å². The monoisotopic (exact) mass is 122 g/mol. The van der Waals surface area contributed by atoms with Gasteiger partial charge in [-0.05, 0) is 19.3 Å². The molecule has 0 unspecified atom stereocenters. The maximum Gasteiger partial charge on any atom is 0.163 e. The molecule has 0 radical (unpaired) electrons. The third-order valence-corrected chi connectivity index (χ3v) is 2.07. The number of rotatable bonds is 1. The van der Waals surface area contributed by atoms with Gasteiger partial charge in [-0.3, -0.25) is 0 Å². The Morgan fingerprint density at radius 3 is 2.44 bits per heavy atom. The van der Waals surface area contributed by atoms with Crippen molar-refractivity contribution in [2.24, 2.45) is 0 Å². The molecule has 0 aliphatic heterocycles. The van der Waals surface area contributed by atoms with E-state index in [1.54, 1.807) is 5.47 Å². The van der Waals surface area contributed by atoms with E-state index in [0.717, 1.165) is 6.71 Å². The number of hydrogen-bond donors (Lipinski definition) is 0. The second-order valence-electron chi connectivity index (χ2n) is 3.18. The Kier molecular flexibility index (Phi) is 2.38. The lowest BCUT2D eigenvalue weighted by molar-refractivity contribution is 0.719. The maximum atomic E-state index is 2.42. The van der Waals surface area contributed by atoms with Crippen molar-refractivity contribution in [2.75, 3.05) is 0 Å². The molecule has 1 rings (SSSR count). The molecule has 0 aromatic carbocycles. The predicted octanol–water partition coefficient (Wildman–Crippen LogP) is 2.78. The fraction of sp³-hybridized carbons (Fsp3) is 0.750. The lowest BCUT2D eigenvalue weighted by atomic mass is 9.47. The molecule has 1 heteroatoms. The van der Waals surface area contributed by atoms with Gasteiger partial charge in [-0.25, -0.2) is 0 Å². The Morgan fingerprint density at radius 2 is 2.11 bits per heavy atom. The van der Waals surface area contributed by atoms with E-state index in [1.165, 1.54) is 25.7 Å². The van der Waals surface area contributed by atoms with Gasteiger partial charge in [0.2, 0.25) is 0 Å². The molecular formula is C8H15B. The van der Waals surface area contributed by atoms with Crippen molar-refractivity contribution in [3.8, 4) is 0 Å². The summed E-state index contributed by atoms with van der Waals surface area (Å²) in [7, 11) is 0. The summed E-state index contributed by atoms with van der Waals surface area (Å²) in [5.41, 5.74) is 1.68. The Bertz CT molecular complexity index is 114. The van der Waals surface area contributed by atoms with E-state index < -0.39 is 0 Å². The van der Waals surface area contributed by atoms with E-state index >= 15 is 0 Å². The van der Waals surface area contributed by atoms with Crippen molar-refractivity contribution in [3.05, 3.63) is 11.5 Å². The molecule has 0 aromatic rings. The molecule has 0 nitrogen and oxygen atoms in total. The highest BCUT2D eigenvalue weighted by molar-refractivity contribution is 6.63. The van der Waals surface area contributed by atoms with Crippen LogP contribution in [0.3, 0.4) is 0 Å². The van der Waals surface area contributed by atoms with E-state index in [1.807, 2.05) is 0 Å². The highest BCUT2D eigenvalue weighted by Crippen LogP contribution is 2.18. The van der Waals surface area contributed by atoms with E-state index in [4.69, 9.17) is 0 Å². The molecule has 0 fully saturated rings. The lowest BCUT2D eigenvalue weighted by Gasteiger charge is -2.13. The molecule has 0 atom stereocenters. The highest BCUT2D eigenvalue weighted by atomic mass is 14.0. The Morgan fingerprint density at radius 1 is 1.33 bits per heavy atom. The minimum atomic E-state index is 0.797. The second kappa shape index (κ2) is 3.10. The van der Waals surface area contributed by atoms with E-state index in [2.05, 4.69) is 19.7 Å². The number of hydrogen-bond acceptors (Lipinski definition) is 0.